The Morgan fingerprint density at radius 1 is 1.00 bits per heavy atom. The highest BCUT2D eigenvalue weighted by atomic mass is 19.4. The normalized spacial score (nSPS) is 12.0. The van der Waals surface area contributed by atoms with Gasteiger partial charge in [0.15, 0.2) is 5.56 Å². The minimum Gasteiger partial charge on any atom is -0.477 e. The van der Waals surface area contributed by atoms with Crippen LogP contribution in [0, 0.1) is 5.82 Å². The summed E-state index contributed by atoms with van der Waals surface area (Å²) in [4.78, 5) is 13.0. The molecule has 0 aliphatic carbocycles. The summed E-state index contributed by atoms with van der Waals surface area (Å²) >= 11 is 0. The van der Waals surface area contributed by atoms with E-state index in [0.717, 1.165) is 17.7 Å². The maximum Gasteiger partial charge on any atom is 0.416 e. The van der Waals surface area contributed by atoms with Crippen molar-refractivity contribution in [2.75, 3.05) is 0 Å². The summed E-state index contributed by atoms with van der Waals surface area (Å²) in [6.07, 6.45) is 0.293. The predicted molar refractivity (Wildman–Crippen MR) is 111 cm³/mol. The van der Waals surface area contributed by atoms with E-state index in [4.69, 9.17) is 0 Å². The summed E-state index contributed by atoms with van der Waals surface area (Å²) in [5, 5.41) is 10.9. The van der Waals surface area contributed by atoms with Crippen LogP contribution in [0.3, 0.4) is 0 Å². The largest absolute Gasteiger partial charge is 0.477 e. The van der Waals surface area contributed by atoms with Gasteiger partial charge in [-0.15, -0.1) is 0 Å². The number of hydrogen-bond donors (Lipinski definition) is 1. The number of nitrogens with zero attached hydrogens (tertiary/aromatic N) is 2. The van der Waals surface area contributed by atoms with Crippen LogP contribution >= 0.6 is 0 Å². The van der Waals surface area contributed by atoms with Gasteiger partial charge >= 0.3 is 11.7 Å². The number of hydrogen-bond acceptors (Lipinski definition) is 2. The van der Waals surface area contributed by atoms with Crippen LogP contribution in [0.5, 0.6) is 5.88 Å². The first-order valence-corrected chi connectivity index (χ1v) is 9.61. The lowest BCUT2D eigenvalue weighted by Crippen LogP contribution is -2.40. The van der Waals surface area contributed by atoms with Crippen molar-refractivity contribution >= 4 is 11.7 Å². The van der Waals surface area contributed by atoms with Crippen LogP contribution < -0.4 is 10.1 Å². The minimum absolute atomic E-state index is 0.0446. The highest BCUT2D eigenvalue weighted by Crippen LogP contribution is 2.33. The quantitative estimate of drug-likeness (QED) is 0.364. The monoisotopic (exact) mass is 441 g/mol. The number of aromatic hydroxyl groups is 1. The van der Waals surface area contributed by atoms with Crippen LogP contribution in [0.25, 0.3) is 22.9 Å². The van der Waals surface area contributed by atoms with Crippen molar-refractivity contribution in [3.63, 3.8) is 0 Å². The third-order valence-electron chi connectivity index (χ3n) is 4.97. The predicted octanol–water partition coefficient (Wildman–Crippen LogP) is 4.83. The van der Waals surface area contributed by atoms with Gasteiger partial charge in [0.05, 0.1) is 11.8 Å². The van der Waals surface area contributed by atoms with Crippen LogP contribution in [-0.2, 0) is 12.7 Å². The lowest BCUT2D eigenvalue weighted by molar-refractivity contribution is -0.670. The molecule has 2 heterocycles. The van der Waals surface area contributed by atoms with E-state index >= 15 is 0 Å². The maximum absolute atomic E-state index is 13.2. The molecular weight excluding hydrogens is 424 g/mol. The first-order chi connectivity index (χ1) is 15.3. The van der Waals surface area contributed by atoms with E-state index in [0.29, 0.717) is 5.65 Å². The second-order valence-corrected chi connectivity index (χ2v) is 7.08. The Morgan fingerprint density at radius 2 is 1.75 bits per heavy atom. The van der Waals surface area contributed by atoms with Gasteiger partial charge in [-0.3, -0.25) is 0 Å². The molecule has 32 heavy (non-hydrogen) atoms. The molecule has 0 saturated carbocycles. The zero-order valence-corrected chi connectivity index (χ0v) is 16.6. The summed E-state index contributed by atoms with van der Waals surface area (Å²) in [7, 11) is 0. The minimum atomic E-state index is -4.59. The van der Waals surface area contributed by atoms with Gasteiger partial charge in [0.25, 0.3) is 11.5 Å². The van der Waals surface area contributed by atoms with Crippen LogP contribution in [0.4, 0.5) is 17.6 Å². The zero-order valence-electron chi connectivity index (χ0n) is 16.6. The van der Waals surface area contributed by atoms with Gasteiger partial charge in [-0.25, -0.2) is 9.18 Å². The van der Waals surface area contributed by atoms with E-state index < -0.39 is 23.2 Å². The van der Waals surface area contributed by atoms with Crippen molar-refractivity contribution in [1.82, 2.24) is 4.40 Å². The Hall–Kier alpha value is -3.94. The van der Waals surface area contributed by atoms with E-state index in [1.165, 1.54) is 39.4 Å². The van der Waals surface area contributed by atoms with Crippen molar-refractivity contribution < 1.29 is 27.2 Å². The van der Waals surface area contributed by atoms with E-state index in [2.05, 4.69) is 0 Å². The summed E-state index contributed by atoms with van der Waals surface area (Å²) in [5.74, 6) is -0.822. The lowest BCUT2D eigenvalue weighted by Gasteiger charge is -2.11. The fraction of sp³-hybridized carbons (Fsp3) is 0.0833. The average Bonchev–Trinajstić information content (AvgIpc) is 2.77. The molecule has 4 aromatic rings. The van der Waals surface area contributed by atoms with E-state index in [9.17, 15) is 27.5 Å². The van der Waals surface area contributed by atoms with Crippen LogP contribution in [0.15, 0.2) is 83.8 Å². The van der Waals surface area contributed by atoms with Crippen molar-refractivity contribution in [2.24, 2.45) is 0 Å². The Kier molecular flexibility index (Phi) is 5.52. The molecule has 0 bridgehead atoms. The van der Waals surface area contributed by atoms with Gasteiger partial charge in [0.1, 0.15) is 12.4 Å². The molecule has 0 atom stereocenters. The number of halogens is 4. The molecule has 0 aliphatic rings. The molecule has 2 aromatic carbocycles. The second kappa shape index (κ2) is 8.30. The second-order valence-electron chi connectivity index (χ2n) is 7.08. The Labute approximate surface area is 179 Å². The maximum atomic E-state index is 13.2. The lowest BCUT2D eigenvalue weighted by atomic mass is 10.0. The number of pyridine rings is 1. The smallest absolute Gasteiger partial charge is 0.416 e. The number of rotatable bonds is 4. The van der Waals surface area contributed by atoms with Crippen molar-refractivity contribution in [1.29, 1.82) is 0 Å². The fourth-order valence-electron chi connectivity index (χ4n) is 3.44. The number of benzene rings is 2. The SMILES string of the molecule is O=c1c(-c2cccc(C(F)(F)F)c2)c(O)[n+](C/C=C/c2ccc(F)cc2)c2ccccn12. The van der Waals surface area contributed by atoms with Crippen LogP contribution in [0.2, 0.25) is 0 Å². The number of allylic oxidation sites excluding steroid dienone is 1. The topological polar surface area (TPSA) is 45.6 Å². The molecule has 1 N–H and O–H groups in total. The van der Waals surface area contributed by atoms with Gasteiger partial charge in [-0.1, -0.05) is 36.4 Å². The highest BCUT2D eigenvalue weighted by Gasteiger charge is 2.32. The third kappa shape index (κ3) is 4.12. The molecule has 4 rings (SSSR count). The molecule has 0 aliphatic heterocycles. The Balaban J connectivity index is 1.85. The molecule has 2 aromatic heterocycles. The number of aromatic nitrogens is 2. The molecule has 0 amide bonds. The third-order valence-corrected chi connectivity index (χ3v) is 4.97. The van der Waals surface area contributed by atoms with Gasteiger partial charge in [-0.05, 0) is 47.5 Å². The van der Waals surface area contributed by atoms with Crippen LogP contribution in [-0.4, -0.2) is 9.51 Å². The van der Waals surface area contributed by atoms with Crippen molar-refractivity contribution in [2.45, 2.75) is 12.7 Å². The molecule has 162 valence electrons. The Morgan fingerprint density at radius 3 is 2.47 bits per heavy atom. The number of fused-ring (bicyclic) bond motifs is 1. The van der Waals surface area contributed by atoms with Crippen molar-refractivity contribution in [3.8, 4) is 17.0 Å². The van der Waals surface area contributed by atoms with Gasteiger partial charge in [0.2, 0.25) is 0 Å². The van der Waals surface area contributed by atoms with E-state index in [1.807, 2.05) is 0 Å². The number of alkyl halides is 3. The van der Waals surface area contributed by atoms with Gasteiger partial charge < -0.3 is 5.11 Å². The molecule has 4 nitrogen and oxygen atoms in total. The summed E-state index contributed by atoms with van der Waals surface area (Å²) < 4.78 is 55.3. The highest BCUT2D eigenvalue weighted by molar-refractivity contribution is 5.68. The molecular formula is C24H17F4N2O2+. The van der Waals surface area contributed by atoms with E-state index in [-0.39, 0.29) is 23.5 Å². The molecule has 0 saturated heterocycles. The standard InChI is InChI=1S/C24H16F4N2O2/c25-19-11-9-16(10-12-19)5-4-14-30-20-8-1-2-13-29(20)22(31)21(23(30)32)17-6-3-7-18(15-17)24(26,27)28/h1-13,15H,14H2/p+1/b5-4+. The molecule has 0 spiro atoms. The van der Waals surface area contributed by atoms with Crippen LogP contribution in [0.1, 0.15) is 11.1 Å². The summed E-state index contributed by atoms with van der Waals surface area (Å²) in [5.41, 5.74) is -0.769. The van der Waals surface area contributed by atoms with Gasteiger partial charge in [0, 0.05) is 6.07 Å². The molecule has 0 unspecified atom stereocenters. The average molecular weight is 441 g/mol. The first kappa shape index (κ1) is 21.3. The van der Waals surface area contributed by atoms with Gasteiger partial charge in [-0.2, -0.15) is 22.1 Å². The molecule has 0 radical (unpaired) electrons. The first-order valence-electron chi connectivity index (χ1n) is 9.61. The zero-order chi connectivity index (χ0) is 22.9. The molecule has 8 heteroatoms. The van der Waals surface area contributed by atoms with E-state index in [1.54, 1.807) is 42.5 Å². The Bertz CT molecular complexity index is 1370. The summed E-state index contributed by atoms with van der Waals surface area (Å²) in [6.45, 7) is 0.114. The molecule has 0 fully saturated rings. The summed E-state index contributed by atoms with van der Waals surface area (Å²) in [6, 6.07) is 15.0. The van der Waals surface area contributed by atoms with Crippen molar-refractivity contribution in [3.05, 3.63) is 106 Å². The fourth-order valence-corrected chi connectivity index (χ4v) is 3.44.